The van der Waals surface area contributed by atoms with Gasteiger partial charge in [0.05, 0.1) is 7.11 Å². The van der Waals surface area contributed by atoms with E-state index in [0.717, 1.165) is 30.6 Å². The maximum Gasteiger partial charge on any atom is 0.303 e. The normalized spacial score (nSPS) is 11.9. The van der Waals surface area contributed by atoms with Crippen molar-refractivity contribution in [3.05, 3.63) is 65.7 Å². The van der Waals surface area contributed by atoms with E-state index in [9.17, 15) is 4.79 Å². The third kappa shape index (κ3) is 5.24. The van der Waals surface area contributed by atoms with Crippen LogP contribution in [0.5, 0.6) is 5.75 Å². The molecule has 0 fully saturated rings. The molecule has 116 valence electrons. The smallest absolute Gasteiger partial charge is 0.303 e. The quantitative estimate of drug-likeness (QED) is 0.802. The summed E-state index contributed by atoms with van der Waals surface area (Å²) in [5, 5.41) is 9.12. The lowest BCUT2D eigenvalue weighted by Gasteiger charge is -2.15. The molecule has 0 heterocycles. The highest BCUT2D eigenvalue weighted by atomic mass is 16.5. The van der Waals surface area contributed by atoms with Crippen molar-refractivity contribution in [2.45, 2.75) is 25.7 Å². The third-order valence-corrected chi connectivity index (χ3v) is 3.83. The molecule has 0 saturated carbocycles. The molecule has 1 unspecified atom stereocenters. The molecule has 3 heteroatoms. The lowest BCUT2D eigenvalue weighted by molar-refractivity contribution is -0.138. The molecule has 0 spiro atoms. The average Bonchev–Trinajstić information content (AvgIpc) is 2.54. The molecular weight excluding hydrogens is 276 g/mol. The molecule has 0 bridgehead atoms. The summed E-state index contributed by atoms with van der Waals surface area (Å²) in [6.45, 7) is 0. The Morgan fingerprint density at radius 2 is 1.73 bits per heavy atom. The van der Waals surface area contributed by atoms with Gasteiger partial charge in [0.1, 0.15) is 5.75 Å². The van der Waals surface area contributed by atoms with Gasteiger partial charge in [0.25, 0.3) is 0 Å². The Morgan fingerprint density at radius 3 is 2.32 bits per heavy atom. The summed E-state index contributed by atoms with van der Waals surface area (Å²) in [5.74, 6) is 0.237. The molecule has 2 rings (SSSR count). The summed E-state index contributed by atoms with van der Waals surface area (Å²) < 4.78 is 5.15. The number of carboxylic acids is 1. The van der Waals surface area contributed by atoms with E-state index in [2.05, 4.69) is 12.1 Å². The fourth-order valence-corrected chi connectivity index (χ4v) is 2.63. The second-order valence-electron chi connectivity index (χ2n) is 5.54. The number of carboxylic acid groups (broad SMARTS) is 1. The summed E-state index contributed by atoms with van der Waals surface area (Å²) in [7, 11) is 1.64. The number of hydrogen-bond acceptors (Lipinski definition) is 2. The van der Waals surface area contributed by atoms with Crippen molar-refractivity contribution in [1.29, 1.82) is 0 Å². The average molecular weight is 298 g/mol. The molecule has 1 N–H and O–H groups in total. The fourth-order valence-electron chi connectivity index (χ4n) is 2.63. The largest absolute Gasteiger partial charge is 0.497 e. The highest BCUT2D eigenvalue weighted by molar-refractivity contribution is 5.67. The van der Waals surface area contributed by atoms with Gasteiger partial charge in [-0.25, -0.2) is 0 Å². The topological polar surface area (TPSA) is 46.5 Å². The van der Waals surface area contributed by atoms with Crippen LogP contribution < -0.4 is 4.74 Å². The van der Waals surface area contributed by atoms with E-state index >= 15 is 0 Å². The number of ether oxygens (including phenoxy) is 1. The van der Waals surface area contributed by atoms with Crippen molar-refractivity contribution in [3.8, 4) is 5.75 Å². The number of rotatable bonds is 8. The Hall–Kier alpha value is -2.29. The van der Waals surface area contributed by atoms with Crippen molar-refractivity contribution < 1.29 is 14.6 Å². The Balaban J connectivity index is 1.97. The van der Waals surface area contributed by atoms with E-state index in [1.54, 1.807) is 7.11 Å². The van der Waals surface area contributed by atoms with E-state index in [4.69, 9.17) is 9.84 Å². The minimum atomic E-state index is -0.730. The number of aryl methyl sites for hydroxylation is 1. The van der Waals surface area contributed by atoms with Gasteiger partial charge < -0.3 is 9.84 Å². The predicted molar refractivity (Wildman–Crippen MR) is 87.2 cm³/mol. The highest BCUT2D eigenvalue weighted by Gasteiger charge is 2.14. The minimum Gasteiger partial charge on any atom is -0.497 e. The Kier molecular flexibility index (Phi) is 6.01. The van der Waals surface area contributed by atoms with Crippen LogP contribution in [0.4, 0.5) is 0 Å². The SMILES string of the molecule is COc1ccc(CC(CCc2ccccc2)CC(=O)O)cc1. The molecule has 0 radical (unpaired) electrons. The highest BCUT2D eigenvalue weighted by Crippen LogP contribution is 2.21. The van der Waals surface area contributed by atoms with Gasteiger partial charge in [0.15, 0.2) is 0 Å². The molecule has 2 aromatic carbocycles. The molecule has 0 aliphatic heterocycles. The van der Waals surface area contributed by atoms with Crippen LogP contribution in [-0.2, 0) is 17.6 Å². The van der Waals surface area contributed by atoms with E-state index in [1.807, 2.05) is 42.5 Å². The number of carbonyl (C=O) groups is 1. The van der Waals surface area contributed by atoms with Crippen LogP contribution in [0.2, 0.25) is 0 Å². The van der Waals surface area contributed by atoms with Gasteiger partial charge in [-0.3, -0.25) is 4.79 Å². The lowest BCUT2D eigenvalue weighted by Crippen LogP contribution is -2.12. The molecule has 0 aromatic heterocycles. The zero-order valence-corrected chi connectivity index (χ0v) is 12.9. The van der Waals surface area contributed by atoms with Crippen molar-refractivity contribution >= 4 is 5.97 Å². The summed E-state index contributed by atoms with van der Waals surface area (Å²) in [6, 6.07) is 18.1. The fraction of sp³-hybridized carbons (Fsp3) is 0.316. The van der Waals surface area contributed by atoms with Crippen molar-refractivity contribution in [2.75, 3.05) is 7.11 Å². The first-order valence-electron chi connectivity index (χ1n) is 7.56. The standard InChI is InChI=1S/C19H22O3/c1-22-18-11-9-16(10-12-18)13-17(14-19(20)21)8-7-15-5-3-2-4-6-15/h2-6,9-12,17H,7-8,13-14H2,1H3,(H,20,21). The first-order valence-corrected chi connectivity index (χ1v) is 7.56. The second kappa shape index (κ2) is 8.23. The first kappa shape index (κ1) is 16.1. The maximum absolute atomic E-state index is 11.1. The van der Waals surface area contributed by atoms with Crippen molar-refractivity contribution in [1.82, 2.24) is 0 Å². The molecular formula is C19H22O3. The first-order chi connectivity index (χ1) is 10.7. The summed E-state index contributed by atoms with van der Waals surface area (Å²) in [4.78, 5) is 11.1. The van der Waals surface area contributed by atoms with E-state index in [0.29, 0.717) is 0 Å². The molecule has 2 aromatic rings. The van der Waals surface area contributed by atoms with Gasteiger partial charge in [-0.2, -0.15) is 0 Å². The van der Waals surface area contributed by atoms with Gasteiger partial charge in [-0.05, 0) is 48.4 Å². The van der Waals surface area contributed by atoms with Crippen LogP contribution in [0.1, 0.15) is 24.0 Å². The zero-order valence-electron chi connectivity index (χ0n) is 12.9. The Labute approximate surface area is 131 Å². The van der Waals surface area contributed by atoms with E-state index in [-0.39, 0.29) is 12.3 Å². The van der Waals surface area contributed by atoms with Gasteiger partial charge in [0.2, 0.25) is 0 Å². The molecule has 0 amide bonds. The Morgan fingerprint density at radius 1 is 1.05 bits per heavy atom. The van der Waals surface area contributed by atoms with E-state index in [1.165, 1.54) is 5.56 Å². The van der Waals surface area contributed by atoms with Crippen LogP contribution in [0.3, 0.4) is 0 Å². The summed E-state index contributed by atoms with van der Waals surface area (Å²) >= 11 is 0. The van der Waals surface area contributed by atoms with Gasteiger partial charge in [-0.15, -0.1) is 0 Å². The van der Waals surface area contributed by atoms with Crippen molar-refractivity contribution in [2.24, 2.45) is 5.92 Å². The van der Waals surface area contributed by atoms with Gasteiger partial charge in [-0.1, -0.05) is 42.5 Å². The number of methoxy groups -OCH3 is 1. The third-order valence-electron chi connectivity index (χ3n) is 3.83. The monoisotopic (exact) mass is 298 g/mol. The van der Waals surface area contributed by atoms with Crippen LogP contribution >= 0.6 is 0 Å². The number of aliphatic carboxylic acids is 1. The van der Waals surface area contributed by atoms with Crippen LogP contribution in [0, 0.1) is 5.92 Å². The summed E-state index contributed by atoms with van der Waals surface area (Å²) in [6.07, 6.45) is 2.78. The molecule has 0 saturated heterocycles. The minimum absolute atomic E-state index is 0.145. The van der Waals surface area contributed by atoms with Crippen LogP contribution in [-0.4, -0.2) is 18.2 Å². The van der Waals surface area contributed by atoms with Crippen LogP contribution in [0.25, 0.3) is 0 Å². The number of benzene rings is 2. The molecule has 1 atom stereocenters. The summed E-state index contributed by atoms with van der Waals surface area (Å²) in [5.41, 5.74) is 2.41. The second-order valence-corrected chi connectivity index (χ2v) is 5.54. The molecule has 22 heavy (non-hydrogen) atoms. The molecule has 0 aliphatic carbocycles. The molecule has 0 aliphatic rings. The van der Waals surface area contributed by atoms with E-state index < -0.39 is 5.97 Å². The zero-order chi connectivity index (χ0) is 15.8. The molecule has 3 nitrogen and oxygen atoms in total. The van der Waals surface area contributed by atoms with Crippen molar-refractivity contribution in [3.63, 3.8) is 0 Å². The number of hydrogen-bond donors (Lipinski definition) is 1. The Bertz CT molecular complexity index is 575. The van der Waals surface area contributed by atoms with Crippen LogP contribution in [0.15, 0.2) is 54.6 Å². The van der Waals surface area contributed by atoms with Gasteiger partial charge in [0, 0.05) is 6.42 Å². The predicted octanol–water partition coefficient (Wildman–Crippen LogP) is 3.96. The maximum atomic E-state index is 11.1. The lowest BCUT2D eigenvalue weighted by atomic mass is 9.90. The van der Waals surface area contributed by atoms with Gasteiger partial charge >= 0.3 is 5.97 Å².